The van der Waals surface area contributed by atoms with Gasteiger partial charge in [-0.1, -0.05) is 36.4 Å². The molecule has 0 aliphatic heterocycles. The molecule has 6 rings (SSSR count). The second-order valence-corrected chi connectivity index (χ2v) is 10.2. The molecule has 4 heterocycles. The molecule has 0 saturated heterocycles. The Kier molecular flexibility index (Phi) is 7.40. The van der Waals surface area contributed by atoms with E-state index >= 15 is 0 Å². The summed E-state index contributed by atoms with van der Waals surface area (Å²) < 4.78 is 12.4. The van der Waals surface area contributed by atoms with Crippen molar-refractivity contribution >= 4 is 33.7 Å². The van der Waals surface area contributed by atoms with E-state index in [1.165, 1.54) is 0 Å². The number of H-pyrrole nitrogens is 2. The molecule has 0 radical (unpaired) electrons. The Morgan fingerprint density at radius 3 is 1.50 bits per heavy atom. The van der Waals surface area contributed by atoms with Crippen molar-refractivity contribution in [3.05, 3.63) is 71.0 Å². The number of nitrogens with one attached hydrogen (secondary N) is 2. The number of fused-ring (bicyclic) bond motifs is 2. The predicted octanol–water partition coefficient (Wildman–Crippen LogP) is 5.33. The van der Waals surface area contributed by atoms with E-state index in [1.807, 2.05) is 62.4 Å². The first-order valence-electron chi connectivity index (χ1n) is 14.0. The molecule has 0 bridgehead atoms. The van der Waals surface area contributed by atoms with Crippen molar-refractivity contribution in [2.75, 3.05) is 24.7 Å². The molecule has 6 aromatic rings. The van der Waals surface area contributed by atoms with Crippen molar-refractivity contribution in [2.45, 2.75) is 26.7 Å². The molecule has 12 heteroatoms. The van der Waals surface area contributed by atoms with Gasteiger partial charge in [-0.15, -0.1) is 0 Å². The number of hydrogen-bond donors (Lipinski definition) is 4. The van der Waals surface area contributed by atoms with Crippen LogP contribution in [-0.4, -0.2) is 43.6 Å². The fraction of sp³-hybridized carbons (Fsp3) is 0.188. The average molecular weight is 585 g/mol. The molecule has 0 unspecified atom stereocenters. The zero-order valence-electron chi connectivity index (χ0n) is 24.1. The van der Waals surface area contributed by atoms with Gasteiger partial charge in [-0.05, 0) is 38.8 Å². The molecular formula is C32H28N10O2. The van der Waals surface area contributed by atoms with Crippen LogP contribution in [0.2, 0.25) is 0 Å². The van der Waals surface area contributed by atoms with Crippen LogP contribution in [0.25, 0.3) is 44.3 Å². The first-order chi connectivity index (χ1) is 21.4. The summed E-state index contributed by atoms with van der Waals surface area (Å²) >= 11 is 0. The third-order valence-electron chi connectivity index (χ3n) is 7.41. The van der Waals surface area contributed by atoms with Gasteiger partial charge in [0, 0.05) is 33.6 Å². The number of rotatable bonds is 9. The fourth-order valence-electron chi connectivity index (χ4n) is 5.37. The lowest BCUT2D eigenvalue weighted by Gasteiger charge is -2.15. The maximum Gasteiger partial charge on any atom is 0.183 e. The molecule has 2 aromatic carbocycles. The number of ether oxygens (including phenoxy) is 2. The molecule has 6 N–H and O–H groups in total. The summed E-state index contributed by atoms with van der Waals surface area (Å²) in [4.78, 5) is 8.58. The quantitative estimate of drug-likeness (QED) is 0.161. The minimum Gasteiger partial charge on any atom is -0.493 e. The Morgan fingerprint density at radius 2 is 1.09 bits per heavy atom. The molecule has 0 amide bonds. The standard InChI is InChI=1S/C32H28N10O2/c1-17-25-27(21(15-33)29(35)37-31(25)41-39-17)19-9-3-5-11-23(19)43-13-7-8-14-44-24-12-6-4-10-20(24)28-22(16-34)30(36)38-32-26(28)18(2)40-42-32/h3-6,9-12H,7-8,13-14H2,1-2H3,(H3,35,37,39,41)(H3,36,38,40,42). The van der Waals surface area contributed by atoms with Gasteiger partial charge in [-0.2, -0.15) is 20.7 Å². The number of aryl methyl sites for hydroxylation is 2. The summed E-state index contributed by atoms with van der Waals surface area (Å²) in [6.07, 6.45) is 1.41. The monoisotopic (exact) mass is 584 g/mol. The SMILES string of the molecule is Cc1[nH]nc2nc(N)c(C#N)c(-c3ccccc3OCCCCOc3ccccc3-c3c(C#N)c(N)nc4n[nH]c(C)c34)c12. The van der Waals surface area contributed by atoms with Gasteiger partial charge >= 0.3 is 0 Å². The van der Waals surface area contributed by atoms with E-state index < -0.39 is 0 Å². The van der Waals surface area contributed by atoms with Crippen LogP contribution >= 0.6 is 0 Å². The highest BCUT2D eigenvalue weighted by molar-refractivity contribution is 6.02. The Hall–Kier alpha value is -6.14. The molecule has 0 atom stereocenters. The summed E-state index contributed by atoms with van der Waals surface area (Å²) in [5.41, 5.74) is 18.0. The number of anilines is 2. The van der Waals surface area contributed by atoms with Crippen LogP contribution in [0.4, 0.5) is 11.6 Å². The number of nitriles is 2. The highest BCUT2D eigenvalue weighted by Gasteiger charge is 2.23. The van der Waals surface area contributed by atoms with Gasteiger partial charge in [0.2, 0.25) is 0 Å². The summed E-state index contributed by atoms with van der Waals surface area (Å²) in [5.74, 6) is 1.49. The number of benzene rings is 2. The van der Waals surface area contributed by atoms with Crippen LogP contribution in [0.1, 0.15) is 35.4 Å². The van der Waals surface area contributed by atoms with Crippen molar-refractivity contribution in [1.82, 2.24) is 30.4 Å². The number of hydrogen-bond acceptors (Lipinski definition) is 10. The summed E-state index contributed by atoms with van der Waals surface area (Å²) in [6, 6.07) is 19.5. The van der Waals surface area contributed by atoms with E-state index in [4.69, 9.17) is 20.9 Å². The van der Waals surface area contributed by atoms with Crippen molar-refractivity contribution in [3.63, 3.8) is 0 Å². The Bertz CT molecular complexity index is 1970. The minimum atomic E-state index is 0.119. The van der Waals surface area contributed by atoms with Crippen molar-refractivity contribution < 1.29 is 9.47 Å². The van der Waals surface area contributed by atoms with Gasteiger partial charge in [-0.3, -0.25) is 10.2 Å². The number of pyridine rings is 2. The van der Waals surface area contributed by atoms with E-state index in [2.05, 4.69) is 42.5 Å². The normalized spacial score (nSPS) is 11.0. The number of unbranched alkanes of at least 4 members (excludes halogenated alkanes) is 1. The molecule has 0 fully saturated rings. The maximum absolute atomic E-state index is 9.91. The largest absolute Gasteiger partial charge is 0.493 e. The molecule has 0 spiro atoms. The minimum absolute atomic E-state index is 0.119. The molecule has 0 aliphatic carbocycles. The molecule has 0 saturated carbocycles. The summed E-state index contributed by atoms with van der Waals surface area (Å²) in [6.45, 7) is 4.60. The summed E-state index contributed by atoms with van der Waals surface area (Å²) in [7, 11) is 0. The molecule has 218 valence electrons. The van der Waals surface area contributed by atoms with Gasteiger partial charge < -0.3 is 20.9 Å². The Morgan fingerprint density at radius 1 is 0.682 bits per heavy atom. The fourth-order valence-corrected chi connectivity index (χ4v) is 5.37. The Balaban J connectivity index is 1.17. The van der Waals surface area contributed by atoms with Crippen LogP contribution in [0.3, 0.4) is 0 Å². The molecule has 0 aliphatic rings. The van der Waals surface area contributed by atoms with E-state index in [0.717, 1.165) is 33.3 Å². The summed E-state index contributed by atoms with van der Waals surface area (Å²) in [5, 5.41) is 35.6. The van der Waals surface area contributed by atoms with E-state index in [0.29, 0.717) is 60.0 Å². The number of nitrogens with zero attached hydrogens (tertiary/aromatic N) is 6. The van der Waals surface area contributed by atoms with Gasteiger partial charge in [-0.25, -0.2) is 9.97 Å². The van der Waals surface area contributed by atoms with Crippen molar-refractivity contribution in [2.24, 2.45) is 0 Å². The van der Waals surface area contributed by atoms with Crippen LogP contribution < -0.4 is 20.9 Å². The molecule has 4 aromatic heterocycles. The molecular weight excluding hydrogens is 556 g/mol. The third kappa shape index (κ3) is 4.84. The molecule has 12 nitrogen and oxygen atoms in total. The van der Waals surface area contributed by atoms with E-state index in [9.17, 15) is 10.5 Å². The van der Waals surface area contributed by atoms with Crippen LogP contribution in [0.5, 0.6) is 11.5 Å². The zero-order chi connectivity index (χ0) is 30.8. The second kappa shape index (κ2) is 11.6. The predicted molar refractivity (Wildman–Crippen MR) is 167 cm³/mol. The topological polar surface area (TPSA) is 201 Å². The van der Waals surface area contributed by atoms with Crippen LogP contribution in [0.15, 0.2) is 48.5 Å². The van der Waals surface area contributed by atoms with Gasteiger partial charge in [0.15, 0.2) is 11.3 Å². The number of nitrogen functional groups attached to an aromatic ring is 2. The smallest absolute Gasteiger partial charge is 0.183 e. The third-order valence-corrected chi connectivity index (χ3v) is 7.41. The van der Waals surface area contributed by atoms with Crippen LogP contribution in [-0.2, 0) is 0 Å². The lowest BCUT2D eigenvalue weighted by Crippen LogP contribution is -2.05. The van der Waals surface area contributed by atoms with Gasteiger partial charge in [0.25, 0.3) is 0 Å². The molecule has 44 heavy (non-hydrogen) atoms. The number of nitrogens with two attached hydrogens (primary N) is 2. The van der Waals surface area contributed by atoms with E-state index in [1.54, 1.807) is 0 Å². The van der Waals surface area contributed by atoms with E-state index in [-0.39, 0.29) is 22.8 Å². The average Bonchev–Trinajstić information content (AvgIpc) is 3.58. The lowest BCUT2D eigenvalue weighted by molar-refractivity contribution is 0.267. The highest BCUT2D eigenvalue weighted by atomic mass is 16.5. The maximum atomic E-state index is 9.91. The van der Waals surface area contributed by atoms with Crippen molar-refractivity contribution in [1.29, 1.82) is 10.5 Å². The lowest BCUT2D eigenvalue weighted by atomic mass is 9.96. The number of aromatic amines is 2. The van der Waals surface area contributed by atoms with Gasteiger partial charge in [0.1, 0.15) is 46.4 Å². The van der Waals surface area contributed by atoms with Crippen LogP contribution in [0, 0.1) is 36.5 Å². The van der Waals surface area contributed by atoms with Crippen molar-refractivity contribution in [3.8, 4) is 45.9 Å². The zero-order valence-corrected chi connectivity index (χ0v) is 24.1. The van der Waals surface area contributed by atoms with Gasteiger partial charge in [0.05, 0.1) is 24.0 Å². The highest BCUT2D eigenvalue weighted by Crippen LogP contribution is 2.41. The first kappa shape index (κ1) is 28.0. The number of para-hydroxylation sites is 2. The second-order valence-electron chi connectivity index (χ2n) is 10.2. The Labute approximate surface area is 252 Å². The number of aromatic nitrogens is 6. The first-order valence-corrected chi connectivity index (χ1v) is 14.0.